The number of hydrogen-bond donors (Lipinski definition) is 1. The lowest BCUT2D eigenvalue weighted by atomic mass is 10.1. The van der Waals surface area contributed by atoms with Crippen LogP contribution in [-0.4, -0.2) is 20.9 Å². The molecule has 0 saturated carbocycles. The number of carbonyl (C=O) groups is 1. The first kappa shape index (κ1) is 13.7. The van der Waals surface area contributed by atoms with Gasteiger partial charge in [0.05, 0.1) is 23.2 Å². The second-order valence-corrected chi connectivity index (χ2v) is 5.09. The van der Waals surface area contributed by atoms with Crippen molar-refractivity contribution in [3.05, 3.63) is 58.6 Å². The van der Waals surface area contributed by atoms with Gasteiger partial charge in [0.15, 0.2) is 0 Å². The first-order chi connectivity index (χ1) is 10.1. The van der Waals surface area contributed by atoms with E-state index in [1.165, 1.54) is 23.4 Å². The van der Waals surface area contributed by atoms with Gasteiger partial charge in [-0.15, -0.1) is 0 Å². The molecule has 21 heavy (non-hydrogen) atoms. The quantitative estimate of drug-likeness (QED) is 0.786. The van der Waals surface area contributed by atoms with E-state index in [0.29, 0.717) is 27.0 Å². The second-order valence-electron chi connectivity index (χ2n) is 4.25. The molecule has 3 rings (SSSR count). The highest BCUT2D eigenvalue weighted by molar-refractivity contribution is 6.35. The fourth-order valence-corrected chi connectivity index (χ4v) is 2.43. The zero-order valence-electron chi connectivity index (χ0n) is 10.5. The predicted octanol–water partition coefficient (Wildman–Crippen LogP) is 4.14. The third kappa shape index (κ3) is 2.53. The number of rotatable bonds is 3. The monoisotopic (exact) mass is 322 g/mol. The van der Waals surface area contributed by atoms with E-state index in [-0.39, 0.29) is 5.56 Å². The zero-order valence-corrected chi connectivity index (χ0v) is 12.0. The van der Waals surface area contributed by atoms with Gasteiger partial charge in [0.1, 0.15) is 11.3 Å². The smallest absolute Gasteiger partial charge is 0.339 e. The van der Waals surface area contributed by atoms with Crippen molar-refractivity contribution in [1.82, 2.24) is 9.78 Å². The van der Waals surface area contributed by atoms with Crippen molar-refractivity contribution in [3.63, 3.8) is 0 Å². The fourth-order valence-electron chi connectivity index (χ4n) is 1.93. The van der Waals surface area contributed by atoms with Crippen molar-refractivity contribution in [1.29, 1.82) is 0 Å². The molecular weight excluding hydrogens is 315 g/mol. The summed E-state index contributed by atoms with van der Waals surface area (Å²) in [5.41, 5.74) is 1.49. The minimum absolute atomic E-state index is 0.0578. The number of nitrogens with zero attached hydrogens (tertiary/aromatic N) is 2. The molecule has 2 aromatic heterocycles. The van der Waals surface area contributed by atoms with E-state index in [0.717, 1.165) is 0 Å². The number of hydrogen-bond acceptors (Lipinski definition) is 3. The van der Waals surface area contributed by atoms with Crippen LogP contribution in [0.4, 0.5) is 0 Å². The lowest BCUT2D eigenvalue weighted by Crippen LogP contribution is -1.96. The molecule has 0 aliphatic carbocycles. The van der Waals surface area contributed by atoms with E-state index in [4.69, 9.17) is 27.6 Å². The molecule has 0 unspecified atom stereocenters. The van der Waals surface area contributed by atoms with Gasteiger partial charge >= 0.3 is 5.97 Å². The zero-order chi connectivity index (χ0) is 15.0. The van der Waals surface area contributed by atoms with E-state index >= 15 is 0 Å². The topological polar surface area (TPSA) is 68.3 Å². The predicted molar refractivity (Wildman–Crippen MR) is 78.2 cm³/mol. The fraction of sp³-hybridized carbons (Fsp3) is 0. The number of carboxylic acid groups (broad SMARTS) is 1. The van der Waals surface area contributed by atoms with Crippen molar-refractivity contribution in [2.24, 2.45) is 0 Å². The van der Waals surface area contributed by atoms with Crippen LogP contribution in [0.2, 0.25) is 10.0 Å². The van der Waals surface area contributed by atoms with Crippen LogP contribution in [0.25, 0.3) is 16.9 Å². The number of aromatic nitrogens is 2. The number of aromatic carboxylic acids is 1. The van der Waals surface area contributed by atoms with Crippen LogP contribution in [0.15, 0.2) is 47.4 Å². The molecule has 5 nitrogen and oxygen atoms in total. The summed E-state index contributed by atoms with van der Waals surface area (Å²) >= 11 is 12.0. The number of benzene rings is 1. The van der Waals surface area contributed by atoms with Gasteiger partial charge in [0.2, 0.25) is 0 Å². The van der Waals surface area contributed by atoms with Crippen LogP contribution in [0, 0.1) is 0 Å². The largest absolute Gasteiger partial charge is 0.478 e. The summed E-state index contributed by atoms with van der Waals surface area (Å²) in [6, 6.07) is 6.53. The van der Waals surface area contributed by atoms with Crippen LogP contribution < -0.4 is 0 Å². The Bertz CT molecular complexity index is 810. The summed E-state index contributed by atoms with van der Waals surface area (Å²) in [6.45, 7) is 0. The number of furan rings is 1. The third-order valence-electron chi connectivity index (χ3n) is 2.90. The highest BCUT2D eigenvalue weighted by atomic mass is 35.5. The van der Waals surface area contributed by atoms with Crippen molar-refractivity contribution >= 4 is 29.2 Å². The van der Waals surface area contributed by atoms with Gasteiger partial charge in [-0.25, -0.2) is 9.48 Å². The Morgan fingerprint density at radius 1 is 1.29 bits per heavy atom. The molecule has 1 aromatic carbocycles. The molecule has 0 aliphatic heterocycles. The van der Waals surface area contributed by atoms with E-state index in [9.17, 15) is 9.90 Å². The van der Waals surface area contributed by atoms with E-state index in [1.807, 2.05) is 0 Å². The van der Waals surface area contributed by atoms with Crippen LogP contribution >= 0.6 is 23.2 Å². The van der Waals surface area contributed by atoms with E-state index < -0.39 is 5.97 Å². The molecular formula is C14H8Cl2N2O3. The molecule has 106 valence electrons. The van der Waals surface area contributed by atoms with Gasteiger partial charge in [0, 0.05) is 16.8 Å². The van der Waals surface area contributed by atoms with Gasteiger partial charge < -0.3 is 9.52 Å². The lowest BCUT2D eigenvalue weighted by molar-refractivity contribution is 0.0697. The Balaban J connectivity index is 2.17. The average Bonchev–Trinajstić information content (AvgIpc) is 3.07. The Hall–Kier alpha value is -2.24. The molecule has 0 atom stereocenters. The van der Waals surface area contributed by atoms with Crippen molar-refractivity contribution in [3.8, 4) is 16.9 Å². The molecule has 7 heteroatoms. The molecule has 3 aromatic rings. The van der Waals surface area contributed by atoms with Crippen LogP contribution in [0.3, 0.4) is 0 Å². The van der Waals surface area contributed by atoms with Gasteiger partial charge in [-0.2, -0.15) is 5.10 Å². The standard InChI is InChI=1S/C14H8Cl2N2O3/c15-9-1-2-12(11(16)5-9)18-6-10(14(19)20)13(17-18)8-3-4-21-7-8/h1-7H,(H,19,20). The Kier molecular flexibility index (Phi) is 3.45. The van der Waals surface area contributed by atoms with Crippen molar-refractivity contribution in [2.45, 2.75) is 0 Å². The maximum Gasteiger partial charge on any atom is 0.339 e. The molecule has 1 N–H and O–H groups in total. The third-order valence-corrected chi connectivity index (χ3v) is 3.43. The SMILES string of the molecule is O=C(O)c1cn(-c2ccc(Cl)cc2Cl)nc1-c1ccoc1. The first-order valence-corrected chi connectivity index (χ1v) is 6.63. The average molecular weight is 323 g/mol. The van der Waals surface area contributed by atoms with Crippen molar-refractivity contribution in [2.75, 3.05) is 0 Å². The summed E-state index contributed by atoms with van der Waals surface area (Å²) in [6.07, 6.45) is 4.29. The van der Waals surface area contributed by atoms with E-state index in [1.54, 1.807) is 24.3 Å². The summed E-state index contributed by atoms with van der Waals surface area (Å²) in [7, 11) is 0. The summed E-state index contributed by atoms with van der Waals surface area (Å²) in [5.74, 6) is -1.08. The molecule has 0 saturated heterocycles. The van der Waals surface area contributed by atoms with Gasteiger partial charge in [-0.05, 0) is 24.3 Å². The Morgan fingerprint density at radius 2 is 2.10 bits per heavy atom. The molecule has 0 spiro atoms. The summed E-state index contributed by atoms with van der Waals surface area (Å²) < 4.78 is 6.38. The Labute approximate surface area is 129 Å². The summed E-state index contributed by atoms with van der Waals surface area (Å²) in [5, 5.41) is 14.4. The number of carboxylic acids is 1. The lowest BCUT2D eigenvalue weighted by Gasteiger charge is -2.04. The Morgan fingerprint density at radius 3 is 2.71 bits per heavy atom. The maximum absolute atomic E-state index is 11.4. The minimum atomic E-state index is -1.08. The minimum Gasteiger partial charge on any atom is -0.478 e. The van der Waals surface area contributed by atoms with Gasteiger partial charge in [-0.3, -0.25) is 0 Å². The van der Waals surface area contributed by atoms with E-state index in [2.05, 4.69) is 5.10 Å². The molecule has 0 fully saturated rings. The molecule has 0 bridgehead atoms. The number of halogens is 2. The van der Waals surface area contributed by atoms with Crippen molar-refractivity contribution < 1.29 is 14.3 Å². The highest BCUT2D eigenvalue weighted by Gasteiger charge is 2.19. The molecule has 2 heterocycles. The first-order valence-electron chi connectivity index (χ1n) is 5.87. The molecule has 0 amide bonds. The van der Waals surface area contributed by atoms with Crippen LogP contribution in [0.1, 0.15) is 10.4 Å². The van der Waals surface area contributed by atoms with Gasteiger partial charge in [0.25, 0.3) is 0 Å². The molecule has 0 radical (unpaired) electrons. The molecule has 0 aliphatic rings. The normalized spacial score (nSPS) is 10.8. The second kappa shape index (κ2) is 5.27. The maximum atomic E-state index is 11.4. The van der Waals surface area contributed by atoms with Crippen LogP contribution in [-0.2, 0) is 0 Å². The van der Waals surface area contributed by atoms with Gasteiger partial charge in [-0.1, -0.05) is 23.2 Å². The summed E-state index contributed by atoms with van der Waals surface area (Å²) in [4.78, 5) is 11.4. The van der Waals surface area contributed by atoms with Crippen LogP contribution in [0.5, 0.6) is 0 Å². The highest BCUT2D eigenvalue weighted by Crippen LogP contribution is 2.28.